The number of rotatable bonds is 3. The van der Waals surface area contributed by atoms with Crippen LogP contribution >= 0.6 is 0 Å². The lowest BCUT2D eigenvalue weighted by Crippen LogP contribution is -2.56. The quantitative estimate of drug-likeness (QED) is 0.674. The molecule has 0 amide bonds. The average Bonchev–Trinajstić information content (AvgIpc) is 2.00. The molecule has 9 heteroatoms. The maximum Gasteiger partial charge on any atom is 0.461 e. The van der Waals surface area contributed by atoms with E-state index < -0.39 is 18.1 Å². The predicted molar refractivity (Wildman–Crippen MR) is 24.0 cm³/mol. The Bertz CT molecular complexity index is 178. The third-order valence-electron chi connectivity index (χ3n) is 1.10. The third kappa shape index (κ3) is 1.85. The minimum atomic E-state index is -6.25. The van der Waals surface area contributed by atoms with Gasteiger partial charge in [-0.3, -0.25) is 0 Å². The molecule has 1 atom stereocenters. The van der Waals surface area contributed by atoms with Gasteiger partial charge in [0, 0.05) is 7.11 Å². The molecule has 0 aromatic carbocycles. The lowest BCUT2D eigenvalue weighted by Gasteiger charge is -2.28. The first-order valence-electron chi connectivity index (χ1n) is 2.60. The summed E-state index contributed by atoms with van der Waals surface area (Å²) in [6.07, 6.45) is -11.7. The van der Waals surface area contributed by atoms with Crippen molar-refractivity contribution in [1.29, 1.82) is 0 Å². The van der Waals surface area contributed by atoms with E-state index in [1.54, 1.807) is 4.94 Å². The molecular weight excluding hydrogens is 213 g/mol. The van der Waals surface area contributed by atoms with Crippen molar-refractivity contribution in [3.63, 3.8) is 0 Å². The molecule has 0 aromatic rings. The van der Waals surface area contributed by atoms with E-state index >= 15 is 0 Å². The first-order chi connectivity index (χ1) is 5.62. The van der Waals surface area contributed by atoms with Crippen LogP contribution in [0.25, 0.3) is 0 Å². The molecule has 0 rings (SSSR count). The number of halogens is 7. The fraction of sp³-hybridized carbons (Fsp3) is 1.00. The summed E-state index contributed by atoms with van der Waals surface area (Å²) < 4.78 is 84.6. The molecule has 0 heterocycles. The normalized spacial score (nSPS) is 18.5. The zero-order valence-electron chi connectivity index (χ0n) is 5.96. The molecule has 0 aliphatic rings. The van der Waals surface area contributed by atoms with E-state index in [9.17, 15) is 30.9 Å². The van der Waals surface area contributed by atoms with Gasteiger partial charge in [-0.05, 0) is 4.53 Å². The van der Waals surface area contributed by atoms with Crippen molar-refractivity contribution in [2.45, 2.75) is 18.1 Å². The van der Waals surface area contributed by atoms with Crippen LogP contribution in [-0.4, -0.2) is 25.2 Å². The number of hydrogen-bond acceptors (Lipinski definition) is 2. The molecule has 0 saturated carbocycles. The molecule has 0 saturated heterocycles. The van der Waals surface area contributed by atoms with E-state index in [1.807, 2.05) is 0 Å². The summed E-state index contributed by atoms with van der Waals surface area (Å²) in [5.41, 5.74) is 0. The van der Waals surface area contributed by atoms with Crippen molar-refractivity contribution in [2.75, 3.05) is 7.11 Å². The van der Waals surface area contributed by atoms with Gasteiger partial charge in [-0.15, -0.1) is 4.94 Å². The molecule has 13 heavy (non-hydrogen) atoms. The van der Waals surface area contributed by atoms with Crippen LogP contribution in [-0.2, 0) is 9.68 Å². The van der Waals surface area contributed by atoms with E-state index in [0.29, 0.717) is 0 Å². The van der Waals surface area contributed by atoms with Crippen LogP contribution < -0.4 is 0 Å². The Morgan fingerprint density at radius 3 is 1.38 bits per heavy atom. The highest BCUT2D eigenvalue weighted by Crippen LogP contribution is 2.46. The highest BCUT2D eigenvalue weighted by Gasteiger charge is 2.75. The van der Waals surface area contributed by atoms with Gasteiger partial charge in [0.1, 0.15) is 0 Å². The Morgan fingerprint density at radius 2 is 1.31 bits per heavy atom. The van der Waals surface area contributed by atoms with Crippen molar-refractivity contribution in [2.24, 2.45) is 0 Å². The molecule has 0 N–H and O–H groups in total. The van der Waals surface area contributed by atoms with Crippen molar-refractivity contribution in [3.8, 4) is 0 Å². The molecule has 0 fully saturated rings. The van der Waals surface area contributed by atoms with Crippen LogP contribution in [0.2, 0.25) is 0 Å². The number of alkyl halides is 6. The van der Waals surface area contributed by atoms with E-state index in [-0.39, 0.29) is 7.11 Å². The molecule has 0 aromatic heterocycles. The van der Waals surface area contributed by atoms with E-state index in [4.69, 9.17) is 0 Å². The predicted octanol–water partition coefficient (Wildman–Crippen LogP) is 2.35. The van der Waals surface area contributed by atoms with Gasteiger partial charge in [0.05, 0.1) is 0 Å². The van der Waals surface area contributed by atoms with Crippen LogP contribution in [0.3, 0.4) is 0 Å². The Balaban J connectivity index is 5.06. The first-order valence-corrected chi connectivity index (χ1v) is 2.60. The summed E-state index contributed by atoms with van der Waals surface area (Å²) in [6.45, 7) is 0. The van der Waals surface area contributed by atoms with Gasteiger partial charge in [0.2, 0.25) is 0 Å². The molecule has 0 aliphatic carbocycles. The van der Waals surface area contributed by atoms with Gasteiger partial charge >= 0.3 is 18.1 Å². The van der Waals surface area contributed by atoms with Crippen molar-refractivity contribution in [3.05, 3.63) is 0 Å². The highest BCUT2D eigenvalue weighted by atomic mass is 19.4. The van der Waals surface area contributed by atoms with Crippen LogP contribution in [0.15, 0.2) is 0 Å². The zero-order chi connectivity index (χ0) is 10.9. The largest absolute Gasteiger partial charge is 0.461 e. The number of hydrogen-bond donors (Lipinski definition) is 0. The summed E-state index contributed by atoms with van der Waals surface area (Å²) in [5.74, 6) is -5.80. The standard InChI is InChI=1S/C4H3F7O2/c1-12-4(9,10)2(5,13-11)3(6,7)8/h1H3. The summed E-state index contributed by atoms with van der Waals surface area (Å²) in [7, 11) is 0.0685. The Labute approximate surface area is 67.1 Å². The Morgan fingerprint density at radius 1 is 0.923 bits per heavy atom. The molecule has 0 aliphatic heterocycles. The molecule has 1 unspecified atom stereocenters. The van der Waals surface area contributed by atoms with Gasteiger partial charge in [-0.2, -0.15) is 26.3 Å². The molecule has 80 valence electrons. The SMILES string of the molecule is COC(F)(F)C(F)(OF)C(F)(F)F. The van der Waals surface area contributed by atoms with Crippen LogP contribution in [0.4, 0.5) is 30.9 Å². The minimum Gasteiger partial charge on any atom is -0.319 e. The van der Waals surface area contributed by atoms with Crippen molar-refractivity contribution < 1.29 is 40.5 Å². The van der Waals surface area contributed by atoms with E-state index in [2.05, 4.69) is 4.74 Å². The van der Waals surface area contributed by atoms with Crippen LogP contribution in [0.5, 0.6) is 0 Å². The molecular formula is C4H3F7O2. The summed E-state index contributed by atoms with van der Waals surface area (Å²) in [4.78, 5) is 1.59. The Hall–Kier alpha value is -0.570. The molecule has 0 bridgehead atoms. The average molecular weight is 216 g/mol. The smallest absolute Gasteiger partial charge is 0.319 e. The van der Waals surface area contributed by atoms with Gasteiger partial charge in [-0.1, -0.05) is 0 Å². The van der Waals surface area contributed by atoms with Gasteiger partial charge in [0.25, 0.3) is 0 Å². The lowest BCUT2D eigenvalue weighted by atomic mass is 10.3. The molecule has 2 nitrogen and oxygen atoms in total. The fourth-order valence-electron chi connectivity index (χ4n) is 0.385. The van der Waals surface area contributed by atoms with Crippen molar-refractivity contribution in [1.82, 2.24) is 0 Å². The monoisotopic (exact) mass is 216 g/mol. The van der Waals surface area contributed by atoms with Gasteiger partial charge in [-0.25, -0.2) is 0 Å². The highest BCUT2D eigenvalue weighted by molar-refractivity contribution is 4.84. The van der Waals surface area contributed by atoms with E-state index in [1.165, 1.54) is 0 Å². The van der Waals surface area contributed by atoms with Gasteiger partial charge < -0.3 is 4.74 Å². The van der Waals surface area contributed by atoms with Gasteiger partial charge in [0.15, 0.2) is 0 Å². The number of methoxy groups -OCH3 is 1. The maximum atomic E-state index is 12.2. The molecule has 0 spiro atoms. The van der Waals surface area contributed by atoms with E-state index in [0.717, 1.165) is 0 Å². The second-order valence-corrected chi connectivity index (χ2v) is 1.89. The van der Waals surface area contributed by atoms with Crippen LogP contribution in [0.1, 0.15) is 0 Å². The summed E-state index contributed by atoms with van der Waals surface area (Å²) in [5, 5.41) is 0. The Kier molecular flexibility index (Phi) is 3.15. The maximum absolute atomic E-state index is 12.2. The second-order valence-electron chi connectivity index (χ2n) is 1.89. The zero-order valence-corrected chi connectivity index (χ0v) is 5.96. The van der Waals surface area contributed by atoms with Crippen molar-refractivity contribution >= 4 is 0 Å². The third-order valence-corrected chi connectivity index (χ3v) is 1.10. The second kappa shape index (κ2) is 3.29. The number of ether oxygens (including phenoxy) is 1. The minimum absolute atomic E-state index is 0.0685. The molecule has 0 radical (unpaired) electrons. The summed E-state index contributed by atoms with van der Waals surface area (Å²) in [6, 6.07) is 0. The topological polar surface area (TPSA) is 18.5 Å². The first kappa shape index (κ1) is 12.4. The fourth-order valence-corrected chi connectivity index (χ4v) is 0.385. The summed E-state index contributed by atoms with van der Waals surface area (Å²) >= 11 is 0. The van der Waals surface area contributed by atoms with Crippen LogP contribution in [0, 0.1) is 0 Å². The lowest BCUT2D eigenvalue weighted by molar-refractivity contribution is -0.497.